The number of hydrogen-bond acceptors (Lipinski definition) is 2. The van der Waals surface area contributed by atoms with Gasteiger partial charge in [0, 0.05) is 21.6 Å². The minimum Gasteiger partial charge on any atom is -0.323 e. The normalized spacial score (nSPS) is 20.6. The third-order valence-corrected chi connectivity index (χ3v) is 3.31. The highest BCUT2D eigenvalue weighted by atomic mass is 35.5. The van der Waals surface area contributed by atoms with Crippen molar-refractivity contribution in [1.29, 1.82) is 0 Å². The van der Waals surface area contributed by atoms with Gasteiger partial charge in [0.1, 0.15) is 0 Å². The summed E-state index contributed by atoms with van der Waals surface area (Å²) in [6.07, 6.45) is 1.93. The third-order valence-electron chi connectivity index (χ3n) is 2.74. The van der Waals surface area contributed by atoms with Gasteiger partial charge in [-0.25, -0.2) is 0 Å². The van der Waals surface area contributed by atoms with E-state index in [-0.39, 0.29) is 11.6 Å². The van der Waals surface area contributed by atoms with Gasteiger partial charge >= 0.3 is 0 Å². The highest BCUT2D eigenvalue weighted by Crippen LogP contribution is 2.43. The Morgan fingerprint density at radius 2 is 1.93 bits per heavy atom. The maximum absolute atomic E-state index is 6.04. The molecule has 2 nitrogen and oxygen atoms in total. The van der Waals surface area contributed by atoms with Gasteiger partial charge in [0.25, 0.3) is 0 Å². The van der Waals surface area contributed by atoms with Crippen molar-refractivity contribution in [2.75, 3.05) is 0 Å². The molecule has 1 aliphatic carbocycles. The maximum Gasteiger partial charge on any atom is 0.0492 e. The van der Waals surface area contributed by atoms with E-state index in [4.69, 9.17) is 34.7 Å². The average molecular weight is 231 g/mol. The lowest BCUT2D eigenvalue weighted by Crippen LogP contribution is -2.36. The molecule has 4 heteroatoms. The molecule has 0 spiro atoms. The summed E-state index contributed by atoms with van der Waals surface area (Å²) in [5.74, 6) is 0. The minimum atomic E-state index is -0.253. The Morgan fingerprint density at radius 3 is 2.43 bits per heavy atom. The molecule has 14 heavy (non-hydrogen) atoms. The van der Waals surface area contributed by atoms with Gasteiger partial charge in [-0.3, -0.25) is 0 Å². The van der Waals surface area contributed by atoms with Crippen molar-refractivity contribution < 1.29 is 0 Å². The molecule has 0 amide bonds. The Kier molecular flexibility index (Phi) is 2.48. The van der Waals surface area contributed by atoms with E-state index >= 15 is 0 Å². The predicted octanol–water partition coefficient (Wildman–Crippen LogP) is 2.48. The fraction of sp³-hybridized carbons (Fsp3) is 0.400. The summed E-state index contributed by atoms with van der Waals surface area (Å²) < 4.78 is 0. The molecule has 0 aromatic heterocycles. The van der Waals surface area contributed by atoms with Gasteiger partial charge in [-0.05, 0) is 30.5 Å². The summed E-state index contributed by atoms with van der Waals surface area (Å²) in [6.45, 7) is 0. The van der Waals surface area contributed by atoms with Crippen LogP contribution >= 0.6 is 23.2 Å². The SMILES string of the molecule is NC(c1ccc(Cl)cc1Cl)C1(N)CC1. The number of nitrogens with two attached hydrogens (primary N) is 2. The van der Waals surface area contributed by atoms with Crippen LogP contribution in [0.2, 0.25) is 10.0 Å². The molecule has 1 atom stereocenters. The van der Waals surface area contributed by atoms with Gasteiger partial charge in [0.2, 0.25) is 0 Å². The molecule has 1 aromatic rings. The lowest BCUT2D eigenvalue weighted by Gasteiger charge is -2.20. The molecule has 0 heterocycles. The number of benzene rings is 1. The summed E-state index contributed by atoms with van der Waals surface area (Å²) in [4.78, 5) is 0. The van der Waals surface area contributed by atoms with Gasteiger partial charge in [-0.2, -0.15) is 0 Å². The first-order valence-electron chi connectivity index (χ1n) is 4.52. The Bertz CT molecular complexity index is 361. The van der Waals surface area contributed by atoms with Crippen LogP contribution in [0.1, 0.15) is 24.4 Å². The summed E-state index contributed by atoms with van der Waals surface area (Å²) >= 11 is 11.8. The zero-order valence-electron chi connectivity index (χ0n) is 7.63. The van der Waals surface area contributed by atoms with Crippen molar-refractivity contribution in [1.82, 2.24) is 0 Å². The van der Waals surface area contributed by atoms with E-state index in [1.54, 1.807) is 12.1 Å². The first-order chi connectivity index (χ1) is 6.53. The standard InChI is InChI=1S/C10H12Cl2N2/c11-6-1-2-7(8(12)5-6)9(13)10(14)3-4-10/h1-2,5,9H,3-4,13-14H2. The van der Waals surface area contributed by atoms with Crippen LogP contribution in [0.3, 0.4) is 0 Å². The first kappa shape index (κ1) is 10.2. The average Bonchev–Trinajstić information content (AvgIpc) is 2.84. The van der Waals surface area contributed by atoms with E-state index < -0.39 is 0 Å². The molecule has 1 saturated carbocycles. The van der Waals surface area contributed by atoms with Crippen molar-refractivity contribution in [3.8, 4) is 0 Å². The van der Waals surface area contributed by atoms with Gasteiger partial charge in [-0.15, -0.1) is 0 Å². The van der Waals surface area contributed by atoms with E-state index in [1.165, 1.54) is 0 Å². The number of hydrogen-bond donors (Lipinski definition) is 2. The summed E-state index contributed by atoms with van der Waals surface area (Å²) in [5.41, 5.74) is 12.7. The van der Waals surface area contributed by atoms with E-state index in [0.29, 0.717) is 10.0 Å². The van der Waals surface area contributed by atoms with Gasteiger partial charge in [0.15, 0.2) is 0 Å². The Morgan fingerprint density at radius 1 is 1.29 bits per heavy atom. The van der Waals surface area contributed by atoms with E-state index in [9.17, 15) is 0 Å². The highest BCUT2D eigenvalue weighted by molar-refractivity contribution is 6.35. The number of halogens is 2. The molecule has 1 unspecified atom stereocenters. The van der Waals surface area contributed by atoms with Crippen LogP contribution in [0.5, 0.6) is 0 Å². The zero-order chi connectivity index (χ0) is 10.3. The fourth-order valence-corrected chi connectivity index (χ4v) is 2.04. The zero-order valence-corrected chi connectivity index (χ0v) is 9.15. The Hall–Kier alpha value is -0.280. The molecule has 1 fully saturated rings. The highest BCUT2D eigenvalue weighted by Gasteiger charge is 2.45. The van der Waals surface area contributed by atoms with Crippen LogP contribution in [-0.2, 0) is 0 Å². The Balaban J connectivity index is 2.32. The molecule has 2 rings (SSSR count). The van der Waals surface area contributed by atoms with Crippen LogP contribution in [0.4, 0.5) is 0 Å². The monoisotopic (exact) mass is 230 g/mol. The first-order valence-corrected chi connectivity index (χ1v) is 5.28. The van der Waals surface area contributed by atoms with Crippen LogP contribution in [0.15, 0.2) is 18.2 Å². The summed E-state index contributed by atoms with van der Waals surface area (Å²) in [7, 11) is 0. The van der Waals surface area contributed by atoms with Gasteiger partial charge in [-0.1, -0.05) is 29.3 Å². The maximum atomic E-state index is 6.04. The Labute approximate surface area is 93.2 Å². The molecule has 0 aliphatic heterocycles. The van der Waals surface area contributed by atoms with Crippen LogP contribution in [-0.4, -0.2) is 5.54 Å². The molecule has 1 aliphatic rings. The van der Waals surface area contributed by atoms with E-state index in [1.807, 2.05) is 6.07 Å². The van der Waals surface area contributed by atoms with Crippen molar-refractivity contribution in [3.63, 3.8) is 0 Å². The molecule has 0 bridgehead atoms. The molecular formula is C10H12Cl2N2. The smallest absolute Gasteiger partial charge is 0.0492 e. The topological polar surface area (TPSA) is 52.0 Å². The summed E-state index contributed by atoms with van der Waals surface area (Å²) in [5, 5.41) is 1.22. The predicted molar refractivity (Wildman–Crippen MR) is 59.5 cm³/mol. The molecule has 0 saturated heterocycles. The van der Waals surface area contributed by atoms with Crippen molar-refractivity contribution in [2.45, 2.75) is 24.4 Å². The second-order valence-electron chi connectivity index (χ2n) is 3.88. The molecule has 1 aromatic carbocycles. The second kappa shape index (κ2) is 3.38. The van der Waals surface area contributed by atoms with Crippen LogP contribution < -0.4 is 11.5 Å². The van der Waals surface area contributed by atoms with Gasteiger partial charge < -0.3 is 11.5 Å². The molecule has 76 valence electrons. The molecular weight excluding hydrogens is 219 g/mol. The van der Waals surface area contributed by atoms with Crippen molar-refractivity contribution in [2.24, 2.45) is 11.5 Å². The minimum absolute atomic E-state index is 0.188. The third kappa shape index (κ3) is 1.75. The quantitative estimate of drug-likeness (QED) is 0.821. The van der Waals surface area contributed by atoms with Crippen LogP contribution in [0.25, 0.3) is 0 Å². The largest absolute Gasteiger partial charge is 0.323 e. The lowest BCUT2D eigenvalue weighted by atomic mass is 9.99. The van der Waals surface area contributed by atoms with E-state index in [0.717, 1.165) is 18.4 Å². The molecule has 4 N–H and O–H groups in total. The second-order valence-corrected chi connectivity index (χ2v) is 4.72. The lowest BCUT2D eigenvalue weighted by molar-refractivity contribution is 0.536. The van der Waals surface area contributed by atoms with Gasteiger partial charge in [0.05, 0.1) is 0 Å². The molecule has 0 radical (unpaired) electrons. The van der Waals surface area contributed by atoms with Crippen molar-refractivity contribution >= 4 is 23.2 Å². The van der Waals surface area contributed by atoms with E-state index in [2.05, 4.69) is 0 Å². The fourth-order valence-electron chi connectivity index (χ4n) is 1.52. The van der Waals surface area contributed by atoms with Crippen molar-refractivity contribution in [3.05, 3.63) is 33.8 Å². The van der Waals surface area contributed by atoms with Crippen LogP contribution in [0, 0.1) is 0 Å². The number of rotatable bonds is 2. The summed E-state index contributed by atoms with van der Waals surface area (Å²) in [6, 6.07) is 5.15.